The minimum atomic E-state index is -1.02. The Morgan fingerprint density at radius 1 is 1.04 bits per heavy atom. The summed E-state index contributed by atoms with van der Waals surface area (Å²) in [5.74, 6) is -2.16. The quantitative estimate of drug-likeness (QED) is 0.617. The van der Waals surface area contributed by atoms with Gasteiger partial charge in [-0.05, 0) is 23.3 Å². The lowest BCUT2D eigenvalue weighted by atomic mass is 9.85. The van der Waals surface area contributed by atoms with Gasteiger partial charge in [-0.15, -0.1) is 0 Å². The predicted octanol–water partition coefficient (Wildman–Crippen LogP) is 2.97. The van der Waals surface area contributed by atoms with Crippen LogP contribution in [0, 0.1) is 17.3 Å². The third kappa shape index (κ3) is 8.24. The van der Waals surface area contributed by atoms with E-state index in [1.165, 1.54) is 0 Å². The Morgan fingerprint density at radius 2 is 1.63 bits per heavy atom. The fraction of sp³-hybridized carbons (Fsp3) is 0.571. The van der Waals surface area contributed by atoms with Gasteiger partial charge in [-0.2, -0.15) is 0 Å². The molecule has 0 saturated carbocycles. The van der Waals surface area contributed by atoms with Crippen LogP contribution >= 0.6 is 0 Å². The maximum Gasteiger partial charge on any atom is 0.304 e. The second-order valence-corrected chi connectivity index (χ2v) is 8.44. The van der Waals surface area contributed by atoms with E-state index in [2.05, 4.69) is 10.6 Å². The lowest BCUT2D eigenvalue weighted by molar-refractivity contribution is -0.142. The van der Waals surface area contributed by atoms with Crippen LogP contribution in [0.25, 0.3) is 0 Å². The van der Waals surface area contributed by atoms with Gasteiger partial charge in [0.05, 0.1) is 6.42 Å². The first kappa shape index (κ1) is 22.7. The standard InChI is InChI=1S/C21H32N2O4/c1-14(2)11-16(12-17(24)25)19(26)23-18(21(3,4)5)20(27)22-13-15-9-7-6-8-10-15/h6-10,14,16,18H,11-13H2,1-5H3,(H,22,27)(H,23,26)(H,24,25)/t16-,18?/m0/s1. The molecule has 0 aromatic heterocycles. The molecule has 2 amide bonds. The summed E-state index contributed by atoms with van der Waals surface area (Å²) in [5.41, 5.74) is 0.454. The number of carbonyl (C=O) groups excluding carboxylic acids is 2. The fourth-order valence-electron chi connectivity index (χ4n) is 2.89. The SMILES string of the molecule is CC(C)C[C@@H](CC(=O)O)C(=O)NC(C(=O)NCc1ccccc1)C(C)(C)C. The number of carboxylic acids is 1. The van der Waals surface area contributed by atoms with Crippen LogP contribution in [0.2, 0.25) is 0 Å². The number of carbonyl (C=O) groups is 3. The first-order valence-electron chi connectivity index (χ1n) is 9.34. The second-order valence-electron chi connectivity index (χ2n) is 8.44. The number of nitrogens with one attached hydrogen (secondary N) is 2. The van der Waals surface area contributed by atoms with Crippen molar-refractivity contribution in [2.45, 2.75) is 60.0 Å². The Labute approximate surface area is 161 Å². The molecular formula is C21H32N2O4. The van der Waals surface area contributed by atoms with Gasteiger partial charge in [-0.3, -0.25) is 14.4 Å². The first-order valence-corrected chi connectivity index (χ1v) is 9.34. The summed E-state index contributed by atoms with van der Waals surface area (Å²) in [6.07, 6.45) is 0.215. The number of hydrogen-bond donors (Lipinski definition) is 3. The van der Waals surface area contributed by atoms with E-state index < -0.39 is 23.3 Å². The third-order valence-electron chi connectivity index (χ3n) is 4.27. The van der Waals surface area contributed by atoms with Crippen molar-refractivity contribution in [2.75, 3.05) is 0 Å². The highest BCUT2D eigenvalue weighted by atomic mass is 16.4. The minimum absolute atomic E-state index is 0.181. The molecule has 3 N–H and O–H groups in total. The zero-order valence-corrected chi connectivity index (χ0v) is 16.9. The Kier molecular flexibility index (Phi) is 8.47. The van der Waals surface area contributed by atoms with Crippen molar-refractivity contribution < 1.29 is 19.5 Å². The van der Waals surface area contributed by atoms with Gasteiger partial charge in [-0.25, -0.2) is 0 Å². The summed E-state index contributed by atoms with van der Waals surface area (Å²) in [5, 5.41) is 14.8. The molecule has 1 aromatic rings. The number of aliphatic carboxylic acids is 1. The van der Waals surface area contributed by atoms with Gasteiger partial charge in [0.1, 0.15) is 6.04 Å². The maximum atomic E-state index is 12.7. The van der Waals surface area contributed by atoms with Crippen LogP contribution in [0.1, 0.15) is 53.0 Å². The Bertz CT molecular complexity index is 635. The van der Waals surface area contributed by atoms with Crippen LogP contribution in [0.4, 0.5) is 0 Å². The lowest BCUT2D eigenvalue weighted by Crippen LogP contribution is -2.54. The van der Waals surface area contributed by atoms with E-state index in [0.29, 0.717) is 13.0 Å². The van der Waals surface area contributed by atoms with Gasteiger partial charge in [0.15, 0.2) is 0 Å². The summed E-state index contributed by atoms with van der Waals surface area (Å²) in [6.45, 7) is 9.86. The zero-order valence-electron chi connectivity index (χ0n) is 16.9. The lowest BCUT2D eigenvalue weighted by Gasteiger charge is -2.32. The van der Waals surface area contributed by atoms with Gasteiger partial charge in [0.25, 0.3) is 0 Å². The van der Waals surface area contributed by atoms with Gasteiger partial charge < -0.3 is 15.7 Å². The molecule has 1 rings (SSSR count). The second kappa shape index (κ2) is 10.1. The summed E-state index contributed by atoms with van der Waals surface area (Å²) in [4.78, 5) is 36.5. The normalized spacial score (nSPS) is 13.7. The number of rotatable bonds is 9. The highest BCUT2D eigenvalue weighted by molar-refractivity contribution is 5.90. The summed E-state index contributed by atoms with van der Waals surface area (Å²) in [6, 6.07) is 8.77. The van der Waals surface area contributed by atoms with Crippen LogP contribution in [0.3, 0.4) is 0 Å². The average molecular weight is 376 g/mol. The smallest absolute Gasteiger partial charge is 0.304 e. The molecule has 1 unspecified atom stereocenters. The van der Waals surface area contributed by atoms with Crippen molar-refractivity contribution in [3.63, 3.8) is 0 Å². The number of carboxylic acid groups (broad SMARTS) is 1. The number of amides is 2. The monoisotopic (exact) mass is 376 g/mol. The number of benzene rings is 1. The van der Waals surface area contributed by atoms with Crippen LogP contribution in [0.5, 0.6) is 0 Å². The van der Waals surface area contributed by atoms with Crippen molar-refractivity contribution in [1.82, 2.24) is 10.6 Å². The van der Waals surface area contributed by atoms with E-state index in [1.807, 2.05) is 65.0 Å². The van der Waals surface area contributed by atoms with Crippen molar-refractivity contribution >= 4 is 17.8 Å². The molecule has 6 heteroatoms. The van der Waals surface area contributed by atoms with Crippen molar-refractivity contribution in [1.29, 1.82) is 0 Å². The molecule has 1 aromatic carbocycles. The van der Waals surface area contributed by atoms with Crippen molar-refractivity contribution in [3.05, 3.63) is 35.9 Å². The molecule has 0 aliphatic heterocycles. The molecule has 27 heavy (non-hydrogen) atoms. The fourth-order valence-corrected chi connectivity index (χ4v) is 2.89. The van der Waals surface area contributed by atoms with E-state index in [4.69, 9.17) is 5.11 Å². The molecule has 0 saturated heterocycles. The molecule has 0 aliphatic carbocycles. The van der Waals surface area contributed by atoms with Crippen LogP contribution in [-0.4, -0.2) is 28.9 Å². The average Bonchev–Trinajstić information content (AvgIpc) is 2.55. The number of hydrogen-bond acceptors (Lipinski definition) is 3. The molecule has 2 atom stereocenters. The van der Waals surface area contributed by atoms with Crippen LogP contribution in [0.15, 0.2) is 30.3 Å². The van der Waals surface area contributed by atoms with Gasteiger partial charge in [0.2, 0.25) is 11.8 Å². The van der Waals surface area contributed by atoms with Crippen molar-refractivity contribution in [3.8, 4) is 0 Å². The first-order chi connectivity index (χ1) is 12.5. The Balaban J connectivity index is 2.84. The van der Waals surface area contributed by atoms with Crippen molar-refractivity contribution in [2.24, 2.45) is 17.3 Å². The topological polar surface area (TPSA) is 95.5 Å². The van der Waals surface area contributed by atoms with Crippen LogP contribution < -0.4 is 10.6 Å². The Hall–Kier alpha value is -2.37. The van der Waals surface area contributed by atoms with E-state index in [0.717, 1.165) is 5.56 Å². The predicted molar refractivity (Wildman–Crippen MR) is 105 cm³/mol. The molecular weight excluding hydrogens is 344 g/mol. The maximum absolute atomic E-state index is 12.7. The molecule has 0 fully saturated rings. The molecule has 0 bridgehead atoms. The summed E-state index contributed by atoms with van der Waals surface area (Å²) >= 11 is 0. The van der Waals surface area contributed by atoms with E-state index >= 15 is 0 Å². The summed E-state index contributed by atoms with van der Waals surface area (Å²) < 4.78 is 0. The Morgan fingerprint density at radius 3 is 2.11 bits per heavy atom. The van der Waals surface area contributed by atoms with Gasteiger partial charge >= 0.3 is 5.97 Å². The molecule has 0 heterocycles. The van der Waals surface area contributed by atoms with Crippen LogP contribution in [-0.2, 0) is 20.9 Å². The molecule has 6 nitrogen and oxygen atoms in total. The highest BCUT2D eigenvalue weighted by Gasteiger charge is 2.35. The van der Waals surface area contributed by atoms with E-state index in [9.17, 15) is 14.4 Å². The highest BCUT2D eigenvalue weighted by Crippen LogP contribution is 2.22. The largest absolute Gasteiger partial charge is 0.481 e. The van der Waals surface area contributed by atoms with E-state index in [1.54, 1.807) is 0 Å². The van der Waals surface area contributed by atoms with E-state index in [-0.39, 0.29) is 24.2 Å². The molecule has 150 valence electrons. The minimum Gasteiger partial charge on any atom is -0.481 e. The zero-order chi connectivity index (χ0) is 20.6. The van der Waals surface area contributed by atoms with Gasteiger partial charge in [-0.1, -0.05) is 65.0 Å². The van der Waals surface area contributed by atoms with Gasteiger partial charge in [0, 0.05) is 12.5 Å². The third-order valence-corrected chi connectivity index (χ3v) is 4.27. The molecule has 0 radical (unpaired) electrons. The molecule has 0 aliphatic rings. The molecule has 0 spiro atoms. The summed E-state index contributed by atoms with van der Waals surface area (Å²) in [7, 11) is 0.